The predicted molar refractivity (Wildman–Crippen MR) is 59.4 cm³/mol. The first-order chi connectivity index (χ1) is 6.34. The van der Waals surface area contributed by atoms with Crippen molar-refractivity contribution in [2.24, 2.45) is 4.99 Å². The van der Waals surface area contributed by atoms with Gasteiger partial charge in [0, 0.05) is 6.04 Å². The highest BCUT2D eigenvalue weighted by atomic mass is 32.1. The van der Waals surface area contributed by atoms with Gasteiger partial charge in [-0.25, -0.2) is 4.99 Å². The highest BCUT2D eigenvalue weighted by Gasteiger charge is 2.15. The Kier molecular flexibility index (Phi) is 5.21. The summed E-state index contributed by atoms with van der Waals surface area (Å²) in [6, 6.07) is 0.660. The van der Waals surface area contributed by atoms with Crippen molar-refractivity contribution < 1.29 is 0 Å². The summed E-state index contributed by atoms with van der Waals surface area (Å²) in [5.41, 5.74) is 0. The number of piperidine rings is 1. The van der Waals surface area contributed by atoms with E-state index in [2.05, 4.69) is 34.2 Å². The number of hydrogen-bond acceptors (Lipinski definition) is 3. The number of aliphatic imine (C=N–C) groups is 1. The molecule has 0 aromatic rings. The number of thiocarbonyl (C=S) groups is 1. The van der Waals surface area contributed by atoms with Crippen LogP contribution < -0.4 is 0 Å². The summed E-state index contributed by atoms with van der Waals surface area (Å²) in [6.45, 7) is 5.65. The Labute approximate surface area is 86.0 Å². The Morgan fingerprint density at radius 3 is 2.69 bits per heavy atom. The van der Waals surface area contributed by atoms with Gasteiger partial charge in [0.2, 0.25) is 0 Å². The lowest BCUT2D eigenvalue weighted by Gasteiger charge is -2.31. The SMILES string of the molecule is CC(CCN=C=S)N1CCCCC1. The molecule has 1 aliphatic rings. The average molecular weight is 198 g/mol. The maximum Gasteiger partial charge on any atom is 0.0584 e. The van der Waals surface area contributed by atoms with Gasteiger partial charge < -0.3 is 4.90 Å². The summed E-state index contributed by atoms with van der Waals surface area (Å²) in [6.07, 6.45) is 5.24. The van der Waals surface area contributed by atoms with Crippen molar-refractivity contribution >= 4 is 17.4 Å². The second-order valence-electron chi connectivity index (χ2n) is 3.71. The minimum absolute atomic E-state index is 0.660. The van der Waals surface area contributed by atoms with E-state index in [-0.39, 0.29) is 0 Å². The molecule has 0 aromatic heterocycles. The van der Waals surface area contributed by atoms with Gasteiger partial charge in [-0.2, -0.15) is 0 Å². The third-order valence-corrected chi connectivity index (χ3v) is 2.87. The summed E-state index contributed by atoms with van der Waals surface area (Å²) in [4.78, 5) is 6.50. The summed E-state index contributed by atoms with van der Waals surface area (Å²) in [5, 5.41) is 2.42. The van der Waals surface area contributed by atoms with Crippen LogP contribution in [-0.4, -0.2) is 35.7 Å². The molecule has 0 amide bonds. The molecule has 1 aliphatic heterocycles. The Morgan fingerprint density at radius 2 is 2.08 bits per heavy atom. The molecule has 0 bridgehead atoms. The minimum atomic E-state index is 0.660. The van der Waals surface area contributed by atoms with Gasteiger partial charge in [0.05, 0.1) is 11.7 Å². The average Bonchev–Trinajstić information content (AvgIpc) is 2.19. The summed E-state index contributed by atoms with van der Waals surface area (Å²) in [7, 11) is 0. The standard InChI is InChI=1S/C10H18N2S/c1-10(5-6-11-9-13)12-7-3-2-4-8-12/h10H,2-8H2,1H3. The highest BCUT2D eigenvalue weighted by Crippen LogP contribution is 2.13. The number of hydrogen-bond donors (Lipinski definition) is 0. The molecule has 0 aromatic carbocycles. The first-order valence-corrected chi connectivity index (χ1v) is 5.53. The third kappa shape index (κ3) is 3.99. The van der Waals surface area contributed by atoms with Crippen molar-refractivity contribution in [1.82, 2.24) is 4.90 Å². The Morgan fingerprint density at radius 1 is 1.38 bits per heavy atom. The minimum Gasteiger partial charge on any atom is -0.301 e. The van der Waals surface area contributed by atoms with Crippen LogP contribution in [0.1, 0.15) is 32.6 Å². The van der Waals surface area contributed by atoms with Crippen molar-refractivity contribution in [3.05, 3.63) is 0 Å². The molecule has 1 fully saturated rings. The fraction of sp³-hybridized carbons (Fsp3) is 0.900. The molecule has 3 heteroatoms. The lowest BCUT2D eigenvalue weighted by molar-refractivity contribution is 0.168. The van der Waals surface area contributed by atoms with Crippen LogP contribution in [0.3, 0.4) is 0 Å². The number of isothiocyanates is 1. The maximum atomic E-state index is 4.53. The van der Waals surface area contributed by atoms with E-state index >= 15 is 0 Å². The highest BCUT2D eigenvalue weighted by molar-refractivity contribution is 7.78. The second-order valence-corrected chi connectivity index (χ2v) is 3.89. The number of likely N-dealkylation sites (tertiary alicyclic amines) is 1. The second kappa shape index (κ2) is 6.25. The van der Waals surface area contributed by atoms with Gasteiger partial charge in [-0.1, -0.05) is 6.42 Å². The molecule has 13 heavy (non-hydrogen) atoms. The van der Waals surface area contributed by atoms with Crippen molar-refractivity contribution in [2.45, 2.75) is 38.6 Å². The van der Waals surface area contributed by atoms with Crippen molar-refractivity contribution in [1.29, 1.82) is 0 Å². The van der Waals surface area contributed by atoms with E-state index in [0.717, 1.165) is 13.0 Å². The lowest BCUT2D eigenvalue weighted by atomic mass is 10.1. The molecule has 0 aliphatic carbocycles. The number of rotatable bonds is 4. The van der Waals surface area contributed by atoms with Gasteiger partial charge in [0.25, 0.3) is 0 Å². The van der Waals surface area contributed by atoms with Gasteiger partial charge in [-0.05, 0) is 51.5 Å². The number of nitrogens with zero attached hydrogens (tertiary/aromatic N) is 2. The van der Waals surface area contributed by atoms with Gasteiger partial charge in [-0.3, -0.25) is 0 Å². The zero-order valence-corrected chi connectivity index (χ0v) is 9.15. The zero-order valence-electron chi connectivity index (χ0n) is 8.33. The van der Waals surface area contributed by atoms with Crippen LogP contribution in [0.4, 0.5) is 0 Å². The molecule has 0 spiro atoms. The van der Waals surface area contributed by atoms with Gasteiger partial charge in [0.1, 0.15) is 0 Å². The summed E-state index contributed by atoms with van der Waals surface area (Å²) < 4.78 is 0. The van der Waals surface area contributed by atoms with Crippen LogP contribution in [0.15, 0.2) is 4.99 Å². The van der Waals surface area contributed by atoms with E-state index in [4.69, 9.17) is 0 Å². The van der Waals surface area contributed by atoms with Crippen LogP contribution in [0.25, 0.3) is 0 Å². The first-order valence-electron chi connectivity index (χ1n) is 5.12. The quantitative estimate of drug-likeness (QED) is 0.509. The van der Waals surface area contributed by atoms with Crippen LogP contribution >= 0.6 is 12.2 Å². The molecule has 0 radical (unpaired) electrons. The van der Waals surface area contributed by atoms with Gasteiger partial charge >= 0.3 is 0 Å². The predicted octanol–water partition coefficient (Wildman–Crippen LogP) is 2.35. The molecule has 74 valence electrons. The van der Waals surface area contributed by atoms with Gasteiger partial charge in [0.15, 0.2) is 0 Å². The molecule has 1 saturated heterocycles. The molecule has 0 saturated carbocycles. The molecule has 1 heterocycles. The first kappa shape index (κ1) is 10.8. The van der Waals surface area contributed by atoms with E-state index in [0.29, 0.717) is 6.04 Å². The third-order valence-electron chi connectivity index (χ3n) is 2.74. The van der Waals surface area contributed by atoms with E-state index in [1.165, 1.54) is 32.4 Å². The largest absolute Gasteiger partial charge is 0.301 e. The van der Waals surface area contributed by atoms with E-state index in [1.54, 1.807) is 0 Å². The molecule has 0 N–H and O–H groups in total. The smallest absolute Gasteiger partial charge is 0.0584 e. The maximum absolute atomic E-state index is 4.53. The van der Waals surface area contributed by atoms with E-state index in [9.17, 15) is 0 Å². The molecule has 2 nitrogen and oxygen atoms in total. The van der Waals surface area contributed by atoms with Crippen molar-refractivity contribution in [3.63, 3.8) is 0 Å². The van der Waals surface area contributed by atoms with Gasteiger partial charge in [-0.15, -0.1) is 0 Å². The van der Waals surface area contributed by atoms with E-state index < -0.39 is 0 Å². The molecular formula is C10H18N2S. The lowest BCUT2D eigenvalue weighted by Crippen LogP contribution is -2.37. The Bertz CT molecular complexity index is 181. The van der Waals surface area contributed by atoms with Crippen molar-refractivity contribution in [2.75, 3.05) is 19.6 Å². The molecular weight excluding hydrogens is 180 g/mol. The Balaban J connectivity index is 2.20. The molecule has 1 rings (SSSR count). The van der Waals surface area contributed by atoms with Crippen molar-refractivity contribution in [3.8, 4) is 0 Å². The summed E-state index contributed by atoms with van der Waals surface area (Å²) in [5.74, 6) is 0. The topological polar surface area (TPSA) is 15.6 Å². The fourth-order valence-electron chi connectivity index (χ4n) is 1.84. The normalized spacial score (nSPS) is 20.7. The van der Waals surface area contributed by atoms with Crippen LogP contribution in [-0.2, 0) is 0 Å². The van der Waals surface area contributed by atoms with Crippen LogP contribution in [0.5, 0.6) is 0 Å². The zero-order chi connectivity index (χ0) is 9.52. The van der Waals surface area contributed by atoms with E-state index in [1.807, 2.05) is 0 Å². The van der Waals surface area contributed by atoms with Crippen LogP contribution in [0, 0.1) is 0 Å². The fourth-order valence-corrected chi connectivity index (χ4v) is 1.93. The monoisotopic (exact) mass is 198 g/mol. The molecule has 1 unspecified atom stereocenters. The molecule has 1 atom stereocenters. The summed E-state index contributed by atoms with van der Waals surface area (Å²) >= 11 is 4.53. The van der Waals surface area contributed by atoms with Crippen LogP contribution in [0.2, 0.25) is 0 Å². The Hall–Kier alpha value is -0.240.